The number of ether oxygens (including phenoxy) is 2. The Hall–Kier alpha value is -2.28. The number of rotatable bonds is 3. The Morgan fingerprint density at radius 1 is 1.10 bits per heavy atom. The largest absolute Gasteiger partial charge is 0.486 e. The van der Waals surface area contributed by atoms with Crippen LogP contribution in [0.1, 0.15) is 5.56 Å². The smallest absolute Gasteiger partial charge is 0.263 e. The highest BCUT2D eigenvalue weighted by Crippen LogP contribution is 2.32. The van der Waals surface area contributed by atoms with E-state index in [1.165, 1.54) is 12.1 Å². The molecule has 1 aromatic heterocycles. The Bertz CT molecular complexity index is 757. The molecule has 1 aromatic carbocycles. The van der Waals surface area contributed by atoms with Crippen molar-refractivity contribution in [2.45, 2.75) is 11.8 Å². The van der Waals surface area contributed by atoms with Gasteiger partial charge in [0.2, 0.25) is 0 Å². The zero-order valence-corrected chi connectivity index (χ0v) is 12.2. The van der Waals surface area contributed by atoms with Gasteiger partial charge in [-0.3, -0.25) is 4.72 Å². The Balaban J connectivity index is 1.89. The van der Waals surface area contributed by atoms with Crippen LogP contribution in [0, 0.1) is 6.92 Å². The summed E-state index contributed by atoms with van der Waals surface area (Å²) in [5.74, 6) is 1.25. The third kappa shape index (κ3) is 2.92. The predicted octanol–water partition coefficient (Wildman–Crippen LogP) is 1.96. The van der Waals surface area contributed by atoms with Gasteiger partial charge in [0, 0.05) is 12.3 Å². The highest BCUT2D eigenvalue weighted by molar-refractivity contribution is 7.92. The maximum Gasteiger partial charge on any atom is 0.263 e. The second kappa shape index (κ2) is 5.25. The molecule has 0 amide bonds. The number of pyridine rings is 1. The van der Waals surface area contributed by atoms with Gasteiger partial charge in [0.05, 0.1) is 4.90 Å². The van der Waals surface area contributed by atoms with Crippen molar-refractivity contribution >= 4 is 15.8 Å². The van der Waals surface area contributed by atoms with E-state index in [0.29, 0.717) is 24.7 Å². The highest BCUT2D eigenvalue weighted by Gasteiger charge is 2.19. The molecule has 1 aliphatic heterocycles. The number of aromatic nitrogens is 1. The third-order valence-corrected chi connectivity index (χ3v) is 4.33. The fourth-order valence-electron chi connectivity index (χ4n) is 1.92. The van der Waals surface area contributed by atoms with Crippen LogP contribution in [-0.2, 0) is 10.0 Å². The van der Waals surface area contributed by atoms with Gasteiger partial charge >= 0.3 is 0 Å². The summed E-state index contributed by atoms with van der Waals surface area (Å²) >= 11 is 0. The van der Waals surface area contributed by atoms with Crippen molar-refractivity contribution in [2.24, 2.45) is 0 Å². The molecule has 21 heavy (non-hydrogen) atoms. The highest BCUT2D eigenvalue weighted by atomic mass is 32.2. The van der Waals surface area contributed by atoms with Gasteiger partial charge in [0.25, 0.3) is 10.0 Å². The molecule has 2 aromatic rings. The predicted molar refractivity (Wildman–Crippen MR) is 77.2 cm³/mol. The van der Waals surface area contributed by atoms with E-state index in [-0.39, 0.29) is 10.7 Å². The van der Waals surface area contributed by atoms with Gasteiger partial charge in [-0.05, 0) is 30.7 Å². The Labute approximate surface area is 122 Å². The maximum atomic E-state index is 12.3. The van der Waals surface area contributed by atoms with E-state index in [1.807, 2.05) is 6.92 Å². The van der Waals surface area contributed by atoms with Gasteiger partial charge < -0.3 is 9.47 Å². The molecule has 0 aliphatic carbocycles. The average molecular weight is 306 g/mol. The van der Waals surface area contributed by atoms with Crippen molar-refractivity contribution < 1.29 is 17.9 Å². The lowest BCUT2D eigenvalue weighted by Crippen LogP contribution is -2.17. The standard InChI is InChI=1S/C14H14N2O4S/c1-10-2-5-14(15-9-10)16-21(17,18)11-3-4-12-13(8-11)20-7-6-19-12/h2-5,8-9H,6-7H2,1H3,(H,15,16). The number of benzene rings is 1. The number of sulfonamides is 1. The van der Waals surface area contributed by atoms with Crippen LogP contribution in [0.2, 0.25) is 0 Å². The first-order valence-corrected chi connectivity index (χ1v) is 7.88. The number of anilines is 1. The first-order valence-electron chi connectivity index (χ1n) is 6.40. The zero-order valence-electron chi connectivity index (χ0n) is 11.4. The number of nitrogens with one attached hydrogen (secondary N) is 1. The molecule has 1 N–H and O–H groups in total. The molecule has 7 heteroatoms. The van der Waals surface area contributed by atoms with Crippen LogP contribution in [0.3, 0.4) is 0 Å². The third-order valence-electron chi connectivity index (χ3n) is 2.97. The molecule has 0 radical (unpaired) electrons. The van der Waals surface area contributed by atoms with E-state index in [0.717, 1.165) is 5.56 Å². The summed E-state index contributed by atoms with van der Waals surface area (Å²) in [7, 11) is -3.71. The van der Waals surface area contributed by atoms with Crippen LogP contribution in [0.25, 0.3) is 0 Å². The molecule has 2 heterocycles. The van der Waals surface area contributed by atoms with Gasteiger partial charge in [-0.2, -0.15) is 0 Å². The van der Waals surface area contributed by atoms with E-state index in [4.69, 9.17) is 9.47 Å². The first-order chi connectivity index (χ1) is 10.0. The second-order valence-electron chi connectivity index (χ2n) is 4.63. The van der Waals surface area contributed by atoms with Crippen LogP contribution < -0.4 is 14.2 Å². The van der Waals surface area contributed by atoms with Crippen LogP contribution in [-0.4, -0.2) is 26.6 Å². The minimum atomic E-state index is -3.71. The quantitative estimate of drug-likeness (QED) is 0.938. The lowest BCUT2D eigenvalue weighted by Gasteiger charge is -2.19. The van der Waals surface area contributed by atoms with Crippen molar-refractivity contribution in [2.75, 3.05) is 17.9 Å². The van der Waals surface area contributed by atoms with Gasteiger partial charge in [0.15, 0.2) is 11.5 Å². The molecular formula is C14H14N2O4S. The van der Waals surface area contributed by atoms with Crippen molar-refractivity contribution in [1.29, 1.82) is 0 Å². The molecule has 0 unspecified atom stereocenters. The molecule has 3 rings (SSSR count). The minimum absolute atomic E-state index is 0.106. The lowest BCUT2D eigenvalue weighted by atomic mass is 10.3. The molecular weight excluding hydrogens is 292 g/mol. The van der Waals surface area contributed by atoms with Crippen LogP contribution in [0.5, 0.6) is 11.5 Å². The Morgan fingerprint density at radius 3 is 2.57 bits per heavy atom. The maximum absolute atomic E-state index is 12.3. The summed E-state index contributed by atoms with van der Waals surface area (Å²) in [5.41, 5.74) is 0.956. The summed E-state index contributed by atoms with van der Waals surface area (Å²) in [6, 6.07) is 7.92. The van der Waals surface area contributed by atoms with E-state index >= 15 is 0 Å². The number of hydrogen-bond donors (Lipinski definition) is 1. The molecule has 0 saturated carbocycles. The fraction of sp³-hybridized carbons (Fsp3) is 0.214. The van der Waals surface area contributed by atoms with Gasteiger partial charge in [-0.25, -0.2) is 13.4 Å². The number of nitrogens with zero attached hydrogens (tertiary/aromatic N) is 1. The Morgan fingerprint density at radius 2 is 1.86 bits per heavy atom. The monoisotopic (exact) mass is 306 g/mol. The second-order valence-corrected chi connectivity index (χ2v) is 6.31. The van der Waals surface area contributed by atoms with Crippen molar-refractivity contribution in [3.8, 4) is 11.5 Å². The summed E-state index contributed by atoms with van der Waals surface area (Å²) in [6.07, 6.45) is 1.60. The SMILES string of the molecule is Cc1ccc(NS(=O)(=O)c2ccc3c(c2)OCCO3)nc1. The summed E-state index contributed by atoms with van der Waals surface area (Å²) in [6.45, 7) is 2.75. The van der Waals surface area contributed by atoms with Gasteiger partial charge in [0.1, 0.15) is 19.0 Å². The Kier molecular flexibility index (Phi) is 3.42. The molecule has 110 valence electrons. The summed E-state index contributed by atoms with van der Waals surface area (Å²) in [4.78, 5) is 4.14. The lowest BCUT2D eigenvalue weighted by molar-refractivity contribution is 0.171. The van der Waals surface area contributed by atoms with Crippen molar-refractivity contribution in [1.82, 2.24) is 4.98 Å². The average Bonchev–Trinajstić information content (AvgIpc) is 2.49. The summed E-state index contributed by atoms with van der Waals surface area (Å²) < 4.78 is 37.8. The molecule has 0 saturated heterocycles. The molecule has 6 nitrogen and oxygen atoms in total. The van der Waals surface area contributed by atoms with Crippen molar-refractivity contribution in [3.05, 3.63) is 42.1 Å². The molecule has 0 atom stereocenters. The van der Waals surface area contributed by atoms with Crippen LogP contribution >= 0.6 is 0 Å². The molecule has 0 bridgehead atoms. The topological polar surface area (TPSA) is 77.5 Å². The molecule has 0 fully saturated rings. The number of aryl methyl sites for hydroxylation is 1. The van der Waals surface area contributed by atoms with E-state index in [2.05, 4.69) is 9.71 Å². The van der Waals surface area contributed by atoms with Crippen LogP contribution in [0.15, 0.2) is 41.4 Å². The van der Waals surface area contributed by atoms with Crippen molar-refractivity contribution in [3.63, 3.8) is 0 Å². The molecule has 1 aliphatic rings. The first kappa shape index (κ1) is 13.7. The molecule has 0 spiro atoms. The number of hydrogen-bond acceptors (Lipinski definition) is 5. The van der Waals surface area contributed by atoms with E-state index in [1.54, 1.807) is 24.4 Å². The fourth-order valence-corrected chi connectivity index (χ4v) is 2.94. The van der Waals surface area contributed by atoms with E-state index < -0.39 is 10.0 Å². The number of fused-ring (bicyclic) bond motifs is 1. The minimum Gasteiger partial charge on any atom is -0.486 e. The van der Waals surface area contributed by atoms with E-state index in [9.17, 15) is 8.42 Å². The van der Waals surface area contributed by atoms with Gasteiger partial charge in [-0.15, -0.1) is 0 Å². The van der Waals surface area contributed by atoms with Crippen LogP contribution in [0.4, 0.5) is 5.82 Å². The zero-order chi connectivity index (χ0) is 14.9. The summed E-state index contributed by atoms with van der Waals surface area (Å²) in [5, 5.41) is 0. The normalized spacial score (nSPS) is 13.8. The van der Waals surface area contributed by atoms with Gasteiger partial charge in [-0.1, -0.05) is 6.07 Å².